The van der Waals surface area contributed by atoms with Crippen LogP contribution in [0.3, 0.4) is 0 Å². The molecule has 2 rings (SSSR count). The Hall–Kier alpha value is -1.78. The van der Waals surface area contributed by atoms with Gasteiger partial charge in [-0.15, -0.1) is 0 Å². The van der Waals surface area contributed by atoms with Gasteiger partial charge in [-0.2, -0.15) is 4.98 Å². The molecule has 0 radical (unpaired) electrons. The van der Waals surface area contributed by atoms with E-state index >= 15 is 0 Å². The smallest absolute Gasteiger partial charge is 0.357 e. The minimum Gasteiger partial charge on any atom is -0.476 e. The first-order valence-corrected chi connectivity index (χ1v) is 4.86. The summed E-state index contributed by atoms with van der Waals surface area (Å²) in [6.45, 7) is 0. The highest BCUT2D eigenvalue weighted by atomic mass is 16.4. The van der Waals surface area contributed by atoms with Crippen LogP contribution in [-0.4, -0.2) is 22.1 Å². The summed E-state index contributed by atoms with van der Waals surface area (Å²) in [7, 11) is 0. The van der Waals surface area contributed by atoms with Crippen LogP contribution in [0.2, 0.25) is 0 Å². The van der Waals surface area contributed by atoms with E-state index in [4.69, 9.17) is 9.52 Å². The zero-order valence-electron chi connectivity index (χ0n) is 8.14. The molecule has 5 heteroatoms. The number of rotatable bonds is 3. The van der Waals surface area contributed by atoms with Crippen molar-refractivity contribution in [2.75, 3.05) is 5.32 Å². The van der Waals surface area contributed by atoms with Gasteiger partial charge in [0, 0.05) is 6.04 Å². The summed E-state index contributed by atoms with van der Waals surface area (Å²) in [5.74, 6) is -1.07. The zero-order chi connectivity index (χ0) is 10.7. The van der Waals surface area contributed by atoms with Crippen molar-refractivity contribution < 1.29 is 14.3 Å². The van der Waals surface area contributed by atoms with Crippen LogP contribution in [0.1, 0.15) is 29.8 Å². The Kier molecular flexibility index (Phi) is 2.71. The summed E-state index contributed by atoms with van der Waals surface area (Å²) < 4.78 is 5.00. The number of nitrogens with zero attached hydrogens (tertiary/aromatic N) is 1. The van der Waals surface area contributed by atoms with E-state index in [1.54, 1.807) is 0 Å². The number of aromatic carboxylic acids is 1. The number of carboxylic acids is 1. The van der Waals surface area contributed by atoms with Gasteiger partial charge in [-0.3, -0.25) is 0 Å². The predicted molar refractivity (Wildman–Crippen MR) is 53.9 cm³/mol. The molecule has 1 aliphatic carbocycles. The van der Waals surface area contributed by atoms with Crippen LogP contribution in [0.25, 0.3) is 0 Å². The lowest BCUT2D eigenvalue weighted by Gasteiger charge is -2.17. The molecule has 80 valence electrons. The van der Waals surface area contributed by atoms with Crippen molar-refractivity contribution >= 4 is 12.0 Å². The Morgan fingerprint density at radius 3 is 3.07 bits per heavy atom. The fraction of sp³-hybridized carbons (Fsp3) is 0.400. The minimum atomic E-state index is -1.07. The Morgan fingerprint density at radius 2 is 2.47 bits per heavy atom. The lowest BCUT2D eigenvalue weighted by atomic mass is 10.0. The van der Waals surface area contributed by atoms with E-state index in [9.17, 15) is 4.79 Å². The van der Waals surface area contributed by atoms with Crippen LogP contribution < -0.4 is 5.32 Å². The van der Waals surface area contributed by atoms with Gasteiger partial charge in [-0.25, -0.2) is 4.79 Å². The number of carboxylic acid groups (broad SMARTS) is 1. The van der Waals surface area contributed by atoms with Gasteiger partial charge in [-0.1, -0.05) is 12.2 Å². The Bertz CT molecular complexity index is 384. The van der Waals surface area contributed by atoms with Gasteiger partial charge >= 0.3 is 5.97 Å². The number of carbonyl (C=O) groups is 1. The summed E-state index contributed by atoms with van der Waals surface area (Å²) in [6.07, 6.45) is 8.35. The minimum absolute atomic E-state index is 0.0659. The van der Waals surface area contributed by atoms with Crippen LogP contribution in [0.4, 0.5) is 6.01 Å². The maximum absolute atomic E-state index is 10.5. The second kappa shape index (κ2) is 4.16. The van der Waals surface area contributed by atoms with Crippen molar-refractivity contribution in [3.63, 3.8) is 0 Å². The molecule has 1 unspecified atom stereocenters. The first kappa shape index (κ1) is 9.76. The summed E-state index contributed by atoms with van der Waals surface area (Å²) in [5, 5.41) is 11.7. The first-order valence-electron chi connectivity index (χ1n) is 4.86. The van der Waals surface area contributed by atoms with E-state index in [2.05, 4.69) is 22.5 Å². The molecule has 0 aliphatic heterocycles. The van der Waals surface area contributed by atoms with Crippen molar-refractivity contribution in [2.45, 2.75) is 25.3 Å². The van der Waals surface area contributed by atoms with E-state index in [-0.39, 0.29) is 17.8 Å². The van der Waals surface area contributed by atoms with Crippen molar-refractivity contribution in [3.05, 3.63) is 24.1 Å². The molecule has 0 fully saturated rings. The van der Waals surface area contributed by atoms with Crippen molar-refractivity contribution in [3.8, 4) is 0 Å². The third kappa shape index (κ3) is 2.37. The highest BCUT2D eigenvalue weighted by molar-refractivity contribution is 5.85. The number of hydrogen-bond donors (Lipinski definition) is 2. The van der Waals surface area contributed by atoms with Gasteiger partial charge in [0.1, 0.15) is 6.26 Å². The van der Waals surface area contributed by atoms with Crippen LogP contribution in [0, 0.1) is 0 Å². The number of aromatic nitrogens is 1. The van der Waals surface area contributed by atoms with E-state index < -0.39 is 5.97 Å². The Labute approximate surface area is 86.8 Å². The highest BCUT2D eigenvalue weighted by Crippen LogP contribution is 2.16. The largest absolute Gasteiger partial charge is 0.476 e. The third-order valence-corrected chi connectivity index (χ3v) is 2.32. The van der Waals surface area contributed by atoms with E-state index in [1.807, 2.05) is 0 Å². The van der Waals surface area contributed by atoms with Gasteiger partial charge in [0.25, 0.3) is 6.01 Å². The van der Waals surface area contributed by atoms with Gasteiger partial charge < -0.3 is 14.8 Å². The number of anilines is 1. The molecule has 0 saturated carbocycles. The fourth-order valence-electron chi connectivity index (χ4n) is 1.54. The molecule has 5 nitrogen and oxygen atoms in total. The molecular weight excluding hydrogens is 196 g/mol. The molecule has 0 amide bonds. The fourth-order valence-corrected chi connectivity index (χ4v) is 1.54. The molecule has 1 heterocycles. The molecule has 0 spiro atoms. The molecular formula is C10H12N2O3. The molecule has 0 saturated heterocycles. The SMILES string of the molecule is O=C(O)c1coc(NC2CC=CCC2)n1. The van der Waals surface area contributed by atoms with E-state index in [1.165, 1.54) is 0 Å². The summed E-state index contributed by atoms with van der Waals surface area (Å²) in [6, 6.07) is 0.572. The maximum atomic E-state index is 10.5. The number of nitrogens with one attached hydrogen (secondary N) is 1. The normalized spacial score (nSPS) is 20.1. The predicted octanol–water partition coefficient (Wildman–Crippen LogP) is 1.89. The summed E-state index contributed by atoms with van der Waals surface area (Å²) >= 11 is 0. The first-order chi connectivity index (χ1) is 7.25. The van der Waals surface area contributed by atoms with Crippen LogP contribution in [0.15, 0.2) is 22.8 Å². The third-order valence-electron chi connectivity index (χ3n) is 2.32. The lowest BCUT2D eigenvalue weighted by molar-refractivity contribution is 0.0690. The van der Waals surface area contributed by atoms with Crippen LogP contribution in [-0.2, 0) is 0 Å². The van der Waals surface area contributed by atoms with Crippen LogP contribution in [0.5, 0.6) is 0 Å². The van der Waals surface area contributed by atoms with Gasteiger partial charge in [0.05, 0.1) is 0 Å². The van der Waals surface area contributed by atoms with Gasteiger partial charge in [0.15, 0.2) is 5.69 Å². The molecule has 1 aromatic heterocycles. The monoisotopic (exact) mass is 208 g/mol. The highest BCUT2D eigenvalue weighted by Gasteiger charge is 2.14. The zero-order valence-corrected chi connectivity index (χ0v) is 8.14. The average Bonchev–Trinajstić information content (AvgIpc) is 2.68. The molecule has 0 aromatic carbocycles. The molecule has 1 aliphatic rings. The Balaban J connectivity index is 1.98. The quantitative estimate of drug-likeness (QED) is 0.742. The van der Waals surface area contributed by atoms with Gasteiger partial charge in [-0.05, 0) is 19.3 Å². The number of hydrogen-bond acceptors (Lipinski definition) is 4. The molecule has 1 atom stereocenters. The molecule has 1 aromatic rings. The van der Waals surface area contributed by atoms with E-state index in [0.717, 1.165) is 25.5 Å². The topological polar surface area (TPSA) is 75.4 Å². The average molecular weight is 208 g/mol. The van der Waals surface area contributed by atoms with Gasteiger partial charge in [0.2, 0.25) is 0 Å². The van der Waals surface area contributed by atoms with E-state index in [0.29, 0.717) is 0 Å². The van der Waals surface area contributed by atoms with Crippen LogP contribution >= 0.6 is 0 Å². The second-order valence-corrected chi connectivity index (χ2v) is 3.47. The number of allylic oxidation sites excluding steroid dienone is 1. The van der Waals surface area contributed by atoms with Crippen molar-refractivity contribution in [1.82, 2.24) is 4.98 Å². The Morgan fingerprint density at radius 1 is 1.60 bits per heavy atom. The number of oxazole rings is 1. The molecule has 15 heavy (non-hydrogen) atoms. The van der Waals surface area contributed by atoms with Crippen molar-refractivity contribution in [1.29, 1.82) is 0 Å². The standard InChI is InChI=1S/C10H12N2O3/c13-9(14)8-6-15-10(12-8)11-7-4-2-1-3-5-7/h1-2,6-7H,3-5H2,(H,11,12)(H,13,14). The lowest BCUT2D eigenvalue weighted by Crippen LogP contribution is -2.20. The molecule has 0 bridgehead atoms. The van der Waals surface area contributed by atoms with Crippen molar-refractivity contribution in [2.24, 2.45) is 0 Å². The molecule has 2 N–H and O–H groups in total. The summed E-state index contributed by atoms with van der Waals surface area (Å²) in [4.78, 5) is 14.3. The summed E-state index contributed by atoms with van der Waals surface area (Å²) in [5.41, 5.74) is -0.0659. The maximum Gasteiger partial charge on any atom is 0.357 e. The second-order valence-electron chi connectivity index (χ2n) is 3.47.